The van der Waals surface area contributed by atoms with Crippen molar-refractivity contribution in [3.8, 4) is 5.75 Å². The van der Waals surface area contributed by atoms with Crippen molar-refractivity contribution >= 4 is 0 Å². The molecule has 1 aromatic rings. The summed E-state index contributed by atoms with van der Waals surface area (Å²) in [5, 5.41) is 12.4. The molecule has 0 radical (unpaired) electrons. The lowest BCUT2D eigenvalue weighted by atomic mass is 9.96. The van der Waals surface area contributed by atoms with Crippen molar-refractivity contribution in [1.29, 1.82) is 0 Å². The minimum absolute atomic E-state index is 0.156. The third-order valence-corrected chi connectivity index (χ3v) is 3.55. The first-order chi connectivity index (χ1) is 9.63. The summed E-state index contributed by atoms with van der Waals surface area (Å²) in [7, 11) is 3.57. The second kappa shape index (κ2) is 8.95. The number of unbranched alkanes of at least 4 members (excludes halogenated alkanes) is 1. The number of methoxy groups -OCH3 is 1. The first-order valence-corrected chi connectivity index (χ1v) is 7.14. The number of nitrogens with one attached hydrogen (secondary N) is 1. The summed E-state index contributed by atoms with van der Waals surface area (Å²) < 4.78 is 10.8. The molecule has 2 N–H and O–H groups in total. The number of hydrogen-bond donors (Lipinski definition) is 2. The monoisotopic (exact) mass is 281 g/mol. The van der Waals surface area contributed by atoms with Crippen LogP contribution in [-0.4, -0.2) is 38.0 Å². The molecule has 0 aromatic heterocycles. The smallest absolute Gasteiger partial charge is 0.119 e. The van der Waals surface area contributed by atoms with Crippen LogP contribution in [0.25, 0.3) is 0 Å². The molecule has 0 aliphatic rings. The van der Waals surface area contributed by atoms with E-state index < -0.39 is 0 Å². The van der Waals surface area contributed by atoms with Crippen LogP contribution in [-0.2, 0) is 11.3 Å². The summed E-state index contributed by atoms with van der Waals surface area (Å²) in [5.74, 6) is 0.887. The number of hydrogen-bond acceptors (Lipinski definition) is 4. The van der Waals surface area contributed by atoms with Gasteiger partial charge < -0.3 is 19.9 Å². The largest absolute Gasteiger partial charge is 0.494 e. The number of aliphatic hydroxyl groups is 1. The van der Waals surface area contributed by atoms with Crippen LogP contribution in [0.1, 0.15) is 31.7 Å². The molecule has 1 rings (SSSR count). The van der Waals surface area contributed by atoms with Gasteiger partial charge in [-0.25, -0.2) is 0 Å². The van der Waals surface area contributed by atoms with E-state index >= 15 is 0 Å². The highest BCUT2D eigenvalue weighted by Gasteiger charge is 2.19. The van der Waals surface area contributed by atoms with Gasteiger partial charge in [0.15, 0.2) is 0 Å². The molecule has 1 atom stereocenters. The molecule has 0 bridgehead atoms. The lowest BCUT2D eigenvalue weighted by Crippen LogP contribution is -2.43. The maximum atomic E-state index is 9.30. The zero-order valence-electron chi connectivity index (χ0n) is 12.8. The van der Waals surface area contributed by atoms with Gasteiger partial charge in [0, 0.05) is 12.6 Å². The molecule has 0 fully saturated rings. The van der Waals surface area contributed by atoms with Gasteiger partial charge in [0.1, 0.15) is 5.75 Å². The van der Waals surface area contributed by atoms with Crippen molar-refractivity contribution in [2.75, 3.05) is 27.4 Å². The Kier molecular flexibility index (Phi) is 7.59. The van der Waals surface area contributed by atoms with Gasteiger partial charge in [-0.3, -0.25) is 0 Å². The highest BCUT2D eigenvalue weighted by Crippen LogP contribution is 2.16. The van der Waals surface area contributed by atoms with Crippen molar-refractivity contribution in [1.82, 2.24) is 5.32 Å². The average Bonchev–Trinajstić information content (AvgIpc) is 2.47. The quantitative estimate of drug-likeness (QED) is 0.646. The van der Waals surface area contributed by atoms with Crippen LogP contribution < -0.4 is 10.1 Å². The average molecular weight is 281 g/mol. The van der Waals surface area contributed by atoms with Crippen molar-refractivity contribution < 1.29 is 14.6 Å². The Balaban J connectivity index is 2.26. The third-order valence-electron chi connectivity index (χ3n) is 3.55. The Morgan fingerprint density at radius 1 is 1.30 bits per heavy atom. The van der Waals surface area contributed by atoms with E-state index in [4.69, 9.17) is 9.47 Å². The molecule has 20 heavy (non-hydrogen) atoms. The van der Waals surface area contributed by atoms with E-state index in [-0.39, 0.29) is 12.1 Å². The van der Waals surface area contributed by atoms with Crippen molar-refractivity contribution in [3.05, 3.63) is 29.8 Å². The fourth-order valence-corrected chi connectivity index (χ4v) is 1.98. The predicted molar refractivity (Wildman–Crippen MR) is 81.1 cm³/mol. The van der Waals surface area contributed by atoms with Gasteiger partial charge in [-0.2, -0.15) is 0 Å². The number of likely N-dealkylation sites (N-methyl/N-ethyl adjacent to an activating group) is 1. The maximum Gasteiger partial charge on any atom is 0.119 e. The van der Waals surface area contributed by atoms with Crippen LogP contribution >= 0.6 is 0 Å². The lowest BCUT2D eigenvalue weighted by Gasteiger charge is -2.26. The first kappa shape index (κ1) is 17.0. The molecule has 1 aromatic carbocycles. The van der Waals surface area contributed by atoms with E-state index in [0.717, 1.165) is 30.6 Å². The molecule has 0 aliphatic carbocycles. The summed E-state index contributed by atoms with van der Waals surface area (Å²) in [5.41, 5.74) is 0.936. The molecule has 4 nitrogen and oxygen atoms in total. The van der Waals surface area contributed by atoms with Crippen LogP contribution in [0.3, 0.4) is 0 Å². The Morgan fingerprint density at radius 2 is 2.10 bits per heavy atom. The molecule has 0 spiro atoms. The first-order valence-electron chi connectivity index (χ1n) is 7.14. The van der Waals surface area contributed by atoms with E-state index in [2.05, 4.69) is 5.32 Å². The van der Waals surface area contributed by atoms with Crippen LogP contribution in [0.5, 0.6) is 5.75 Å². The normalized spacial score (nSPS) is 14.0. The topological polar surface area (TPSA) is 50.7 Å². The Labute approximate surface area is 122 Å². The van der Waals surface area contributed by atoms with E-state index in [1.165, 1.54) is 0 Å². The highest BCUT2D eigenvalue weighted by atomic mass is 16.5. The Hall–Kier alpha value is -1.10. The molecule has 4 heteroatoms. The van der Waals surface area contributed by atoms with Gasteiger partial charge in [-0.1, -0.05) is 12.1 Å². The summed E-state index contributed by atoms with van der Waals surface area (Å²) >= 11 is 0. The van der Waals surface area contributed by atoms with Crippen LogP contribution in [0.2, 0.25) is 0 Å². The Morgan fingerprint density at radius 3 is 2.75 bits per heavy atom. The second-order valence-corrected chi connectivity index (χ2v) is 5.35. The van der Waals surface area contributed by atoms with Crippen molar-refractivity contribution in [2.24, 2.45) is 0 Å². The maximum absolute atomic E-state index is 9.30. The van der Waals surface area contributed by atoms with Gasteiger partial charge in [-0.05, 0) is 50.9 Å². The molecule has 0 amide bonds. The second-order valence-electron chi connectivity index (χ2n) is 5.35. The zero-order valence-corrected chi connectivity index (χ0v) is 12.8. The third kappa shape index (κ3) is 5.90. The fraction of sp³-hybridized carbons (Fsp3) is 0.625. The lowest BCUT2D eigenvalue weighted by molar-refractivity contribution is 0.168. The van der Waals surface area contributed by atoms with E-state index in [9.17, 15) is 5.11 Å². The van der Waals surface area contributed by atoms with E-state index in [1.54, 1.807) is 7.11 Å². The summed E-state index contributed by atoms with van der Waals surface area (Å²) in [6.07, 6.45) is 2.94. The van der Waals surface area contributed by atoms with Crippen LogP contribution in [0.4, 0.5) is 0 Å². The zero-order chi connectivity index (χ0) is 14.8. The Bertz CT molecular complexity index is 378. The van der Waals surface area contributed by atoms with E-state index in [1.807, 2.05) is 38.2 Å². The SMILES string of the molecule is CNC(C)(CO)CCCCOc1cccc(COC)c1. The summed E-state index contributed by atoms with van der Waals surface area (Å²) in [6, 6.07) is 7.98. The van der Waals surface area contributed by atoms with Gasteiger partial charge in [-0.15, -0.1) is 0 Å². The molecular formula is C16H27NO3. The number of benzene rings is 1. The highest BCUT2D eigenvalue weighted by molar-refractivity contribution is 5.28. The molecule has 114 valence electrons. The van der Waals surface area contributed by atoms with Crippen LogP contribution in [0, 0.1) is 0 Å². The van der Waals surface area contributed by atoms with Crippen LogP contribution in [0.15, 0.2) is 24.3 Å². The molecule has 0 heterocycles. The van der Waals surface area contributed by atoms with Gasteiger partial charge in [0.25, 0.3) is 0 Å². The van der Waals surface area contributed by atoms with E-state index in [0.29, 0.717) is 13.2 Å². The van der Waals surface area contributed by atoms with Crippen molar-refractivity contribution in [2.45, 2.75) is 38.3 Å². The number of ether oxygens (including phenoxy) is 2. The predicted octanol–water partition coefficient (Wildman–Crippen LogP) is 2.35. The molecule has 0 saturated heterocycles. The number of rotatable bonds is 10. The number of aliphatic hydroxyl groups excluding tert-OH is 1. The molecule has 1 unspecified atom stereocenters. The summed E-state index contributed by atoms with van der Waals surface area (Å²) in [6.45, 7) is 3.49. The van der Waals surface area contributed by atoms with Gasteiger partial charge in [0.05, 0.1) is 19.8 Å². The minimum atomic E-state index is -0.182. The summed E-state index contributed by atoms with van der Waals surface area (Å²) in [4.78, 5) is 0. The van der Waals surface area contributed by atoms with Gasteiger partial charge >= 0.3 is 0 Å². The standard InChI is InChI=1S/C16H27NO3/c1-16(13-18,17-2)9-4-5-10-20-15-8-6-7-14(11-15)12-19-3/h6-8,11,17-18H,4-5,9-10,12-13H2,1-3H3. The van der Waals surface area contributed by atoms with Crippen molar-refractivity contribution in [3.63, 3.8) is 0 Å². The fourth-order valence-electron chi connectivity index (χ4n) is 1.98. The van der Waals surface area contributed by atoms with Gasteiger partial charge in [0.2, 0.25) is 0 Å². The molecule has 0 saturated carbocycles. The minimum Gasteiger partial charge on any atom is -0.494 e. The molecular weight excluding hydrogens is 254 g/mol. The molecule has 0 aliphatic heterocycles.